The van der Waals surface area contributed by atoms with Gasteiger partial charge in [0.05, 0.1) is 5.92 Å². The van der Waals surface area contributed by atoms with Crippen molar-refractivity contribution in [1.82, 2.24) is 10.6 Å². The van der Waals surface area contributed by atoms with Crippen molar-refractivity contribution in [3.63, 3.8) is 0 Å². The van der Waals surface area contributed by atoms with E-state index < -0.39 is 0 Å². The van der Waals surface area contributed by atoms with Crippen molar-refractivity contribution in [3.8, 4) is 0 Å². The monoisotopic (exact) mass is 216 g/mol. The molecule has 0 saturated carbocycles. The highest BCUT2D eigenvalue weighted by molar-refractivity contribution is 7.99. The first-order chi connectivity index (χ1) is 6.74. The van der Waals surface area contributed by atoms with Crippen LogP contribution in [0.5, 0.6) is 0 Å². The van der Waals surface area contributed by atoms with Gasteiger partial charge >= 0.3 is 0 Å². The molecule has 0 aromatic rings. The predicted molar refractivity (Wildman–Crippen MR) is 61.6 cm³/mol. The summed E-state index contributed by atoms with van der Waals surface area (Å²) in [5.74, 6) is 2.55. The average molecular weight is 216 g/mol. The lowest BCUT2D eigenvalue weighted by atomic mass is 10.1. The fourth-order valence-corrected chi connectivity index (χ4v) is 2.25. The van der Waals surface area contributed by atoms with Crippen LogP contribution in [0, 0.1) is 5.92 Å². The second-order valence-electron chi connectivity index (χ2n) is 3.76. The lowest BCUT2D eigenvalue weighted by molar-refractivity contribution is -0.124. The molecule has 1 aliphatic rings. The van der Waals surface area contributed by atoms with E-state index in [0.717, 1.165) is 31.0 Å². The fourth-order valence-electron chi connectivity index (χ4n) is 1.58. The van der Waals surface area contributed by atoms with Crippen LogP contribution in [0.3, 0.4) is 0 Å². The average Bonchev–Trinajstić information content (AvgIpc) is 2.67. The Hall–Kier alpha value is -0.220. The van der Waals surface area contributed by atoms with Gasteiger partial charge in [0.2, 0.25) is 5.91 Å². The Balaban J connectivity index is 2.18. The fraction of sp³-hybridized carbons (Fsp3) is 0.900. The number of nitrogens with one attached hydrogen (secondary N) is 2. The van der Waals surface area contributed by atoms with E-state index in [1.165, 1.54) is 0 Å². The lowest BCUT2D eigenvalue weighted by Crippen LogP contribution is -2.39. The topological polar surface area (TPSA) is 41.1 Å². The molecule has 2 N–H and O–H groups in total. The van der Waals surface area contributed by atoms with E-state index >= 15 is 0 Å². The van der Waals surface area contributed by atoms with Gasteiger partial charge in [-0.25, -0.2) is 0 Å². The van der Waals surface area contributed by atoms with E-state index in [4.69, 9.17) is 0 Å². The maximum atomic E-state index is 11.7. The Labute approximate surface area is 90.4 Å². The highest BCUT2D eigenvalue weighted by atomic mass is 32.2. The molecule has 1 aliphatic heterocycles. The molecule has 1 saturated heterocycles. The highest BCUT2D eigenvalue weighted by Gasteiger charge is 2.22. The summed E-state index contributed by atoms with van der Waals surface area (Å²) >= 11 is 1.87. The maximum absolute atomic E-state index is 11.7. The molecule has 4 heteroatoms. The van der Waals surface area contributed by atoms with Crippen molar-refractivity contribution in [2.24, 2.45) is 5.92 Å². The summed E-state index contributed by atoms with van der Waals surface area (Å²) in [6, 6.07) is 0.299. The van der Waals surface area contributed by atoms with Crippen molar-refractivity contribution in [1.29, 1.82) is 0 Å². The number of rotatable bonds is 5. The van der Waals surface area contributed by atoms with Gasteiger partial charge in [0.25, 0.3) is 0 Å². The van der Waals surface area contributed by atoms with E-state index in [9.17, 15) is 4.79 Å². The molecule has 2 unspecified atom stereocenters. The molecule has 14 heavy (non-hydrogen) atoms. The van der Waals surface area contributed by atoms with E-state index in [0.29, 0.717) is 6.04 Å². The predicted octanol–water partition coefficient (Wildman–Crippen LogP) is 0.854. The summed E-state index contributed by atoms with van der Waals surface area (Å²) in [5.41, 5.74) is 0. The zero-order valence-corrected chi connectivity index (χ0v) is 9.82. The normalized spacial score (nSPS) is 23.4. The number of thioether (sulfide) groups is 1. The molecule has 0 aromatic heterocycles. The third-order valence-corrected chi connectivity index (χ3v) is 3.54. The van der Waals surface area contributed by atoms with Crippen LogP contribution in [-0.2, 0) is 4.79 Å². The van der Waals surface area contributed by atoms with Crippen LogP contribution in [-0.4, -0.2) is 36.5 Å². The molecule has 1 rings (SSSR count). The number of amides is 1. The molecular weight excluding hydrogens is 196 g/mol. The minimum atomic E-state index is 0.198. The number of hydrogen-bond donors (Lipinski definition) is 2. The number of carbonyl (C=O) groups is 1. The third kappa shape index (κ3) is 3.88. The zero-order valence-electron chi connectivity index (χ0n) is 9.01. The van der Waals surface area contributed by atoms with Gasteiger partial charge in [0.15, 0.2) is 0 Å². The molecule has 3 nitrogen and oxygen atoms in total. The maximum Gasteiger partial charge on any atom is 0.224 e. The lowest BCUT2D eigenvalue weighted by Gasteiger charge is -2.15. The van der Waals surface area contributed by atoms with Crippen molar-refractivity contribution in [3.05, 3.63) is 0 Å². The van der Waals surface area contributed by atoms with Gasteiger partial charge in [0, 0.05) is 18.3 Å². The molecule has 0 radical (unpaired) electrons. The SMILES string of the molecule is CCSCC(C)NC(=O)C1CCNC1. The van der Waals surface area contributed by atoms with E-state index in [-0.39, 0.29) is 11.8 Å². The number of hydrogen-bond acceptors (Lipinski definition) is 3. The quantitative estimate of drug-likeness (QED) is 0.716. The summed E-state index contributed by atoms with van der Waals surface area (Å²) in [6.07, 6.45) is 0.986. The molecule has 0 spiro atoms. The molecule has 0 bridgehead atoms. The summed E-state index contributed by atoms with van der Waals surface area (Å²) < 4.78 is 0. The van der Waals surface area contributed by atoms with Crippen molar-refractivity contribution in [2.75, 3.05) is 24.6 Å². The second-order valence-corrected chi connectivity index (χ2v) is 5.08. The first-order valence-corrected chi connectivity index (χ1v) is 6.48. The minimum absolute atomic E-state index is 0.198. The molecule has 0 aliphatic carbocycles. The van der Waals surface area contributed by atoms with E-state index in [1.54, 1.807) is 0 Å². The minimum Gasteiger partial charge on any atom is -0.353 e. The highest BCUT2D eigenvalue weighted by Crippen LogP contribution is 2.08. The van der Waals surface area contributed by atoms with E-state index in [2.05, 4.69) is 24.5 Å². The molecule has 1 heterocycles. The first kappa shape index (κ1) is 11.9. The Morgan fingerprint density at radius 3 is 3.07 bits per heavy atom. The van der Waals surface area contributed by atoms with Crippen LogP contribution in [0.1, 0.15) is 20.3 Å². The Bertz CT molecular complexity index is 181. The molecule has 1 fully saturated rings. The number of carbonyl (C=O) groups excluding carboxylic acids is 1. The zero-order chi connectivity index (χ0) is 10.4. The molecule has 2 atom stereocenters. The summed E-state index contributed by atoms with van der Waals surface area (Å²) in [4.78, 5) is 11.7. The van der Waals surface area contributed by atoms with Crippen molar-refractivity contribution in [2.45, 2.75) is 26.3 Å². The Morgan fingerprint density at radius 2 is 2.50 bits per heavy atom. The standard InChI is InChI=1S/C10H20N2OS/c1-3-14-7-8(2)12-10(13)9-4-5-11-6-9/h8-9,11H,3-7H2,1-2H3,(H,12,13). The van der Waals surface area contributed by atoms with Gasteiger partial charge in [-0.15, -0.1) is 0 Å². The molecule has 0 aromatic carbocycles. The van der Waals surface area contributed by atoms with Gasteiger partial charge in [-0.2, -0.15) is 11.8 Å². The summed E-state index contributed by atoms with van der Waals surface area (Å²) in [6.45, 7) is 6.04. The van der Waals surface area contributed by atoms with Gasteiger partial charge < -0.3 is 10.6 Å². The van der Waals surface area contributed by atoms with Crippen LogP contribution in [0.25, 0.3) is 0 Å². The second kappa shape index (κ2) is 6.30. The molecular formula is C10H20N2OS. The first-order valence-electron chi connectivity index (χ1n) is 5.33. The third-order valence-electron chi connectivity index (χ3n) is 2.39. The largest absolute Gasteiger partial charge is 0.353 e. The molecule has 82 valence electrons. The van der Waals surface area contributed by atoms with Crippen molar-refractivity contribution >= 4 is 17.7 Å². The summed E-state index contributed by atoms with van der Waals surface area (Å²) in [5, 5.41) is 6.26. The van der Waals surface area contributed by atoms with Crippen LogP contribution in [0.15, 0.2) is 0 Å². The van der Waals surface area contributed by atoms with E-state index in [1.807, 2.05) is 11.8 Å². The van der Waals surface area contributed by atoms with Gasteiger partial charge in [-0.3, -0.25) is 4.79 Å². The van der Waals surface area contributed by atoms with Gasteiger partial charge in [-0.05, 0) is 25.6 Å². The van der Waals surface area contributed by atoms with Crippen LogP contribution in [0.2, 0.25) is 0 Å². The van der Waals surface area contributed by atoms with Gasteiger partial charge in [0.1, 0.15) is 0 Å². The Kier molecular flexibility index (Phi) is 5.33. The van der Waals surface area contributed by atoms with Crippen LogP contribution in [0.4, 0.5) is 0 Å². The van der Waals surface area contributed by atoms with Crippen LogP contribution >= 0.6 is 11.8 Å². The summed E-state index contributed by atoms with van der Waals surface area (Å²) in [7, 11) is 0. The Morgan fingerprint density at radius 1 is 1.71 bits per heavy atom. The van der Waals surface area contributed by atoms with Crippen LogP contribution < -0.4 is 10.6 Å². The van der Waals surface area contributed by atoms with Crippen molar-refractivity contribution < 1.29 is 4.79 Å². The smallest absolute Gasteiger partial charge is 0.224 e. The van der Waals surface area contributed by atoms with Gasteiger partial charge in [-0.1, -0.05) is 6.92 Å². The molecule has 1 amide bonds.